The normalized spacial score (nSPS) is 10.8. The lowest BCUT2D eigenvalue weighted by atomic mass is 10.1. The number of aryl methyl sites for hydroxylation is 1. The van der Waals surface area contributed by atoms with E-state index >= 15 is 0 Å². The van der Waals surface area contributed by atoms with Gasteiger partial charge in [-0.05, 0) is 54.6 Å². The van der Waals surface area contributed by atoms with Crippen molar-refractivity contribution in [1.29, 1.82) is 0 Å². The summed E-state index contributed by atoms with van der Waals surface area (Å²) in [5.41, 5.74) is 2.68. The van der Waals surface area contributed by atoms with Gasteiger partial charge >= 0.3 is 0 Å². The first-order valence-corrected chi connectivity index (χ1v) is 10.2. The van der Waals surface area contributed by atoms with Crippen LogP contribution in [0.15, 0.2) is 66.0 Å². The number of carbonyl (C=O) groups is 2. The second kappa shape index (κ2) is 8.70. The number of imidazole rings is 1. The summed E-state index contributed by atoms with van der Waals surface area (Å²) in [5.74, 6) is 0.0356. The zero-order valence-electron chi connectivity index (χ0n) is 15.6. The van der Waals surface area contributed by atoms with E-state index in [1.54, 1.807) is 35.6 Å². The van der Waals surface area contributed by atoms with E-state index in [1.807, 2.05) is 35.7 Å². The van der Waals surface area contributed by atoms with Gasteiger partial charge in [0.15, 0.2) is 0 Å². The van der Waals surface area contributed by atoms with Gasteiger partial charge in [0, 0.05) is 22.5 Å². The second-order valence-electron chi connectivity index (χ2n) is 6.62. The van der Waals surface area contributed by atoms with Gasteiger partial charge in [-0.2, -0.15) is 0 Å². The number of hydrogen-bond acceptors (Lipinski definition) is 4. The van der Waals surface area contributed by atoms with Gasteiger partial charge in [0.1, 0.15) is 0 Å². The van der Waals surface area contributed by atoms with Crippen LogP contribution >= 0.6 is 11.3 Å². The minimum Gasteiger partial charge on any atom is -0.326 e. The first-order valence-electron chi connectivity index (χ1n) is 9.36. The van der Waals surface area contributed by atoms with E-state index in [4.69, 9.17) is 0 Å². The predicted octanol–water partition coefficient (Wildman–Crippen LogP) is 4.84. The fourth-order valence-corrected chi connectivity index (χ4v) is 3.78. The van der Waals surface area contributed by atoms with Crippen molar-refractivity contribution in [2.75, 3.05) is 10.6 Å². The molecule has 3 N–H and O–H groups in total. The number of amides is 2. The number of anilines is 2. The molecule has 0 saturated carbocycles. The molecule has 0 unspecified atom stereocenters. The molecule has 2 aromatic carbocycles. The number of rotatable bonds is 7. The molecule has 7 heteroatoms. The molecule has 0 saturated heterocycles. The number of fused-ring (bicyclic) bond motifs is 1. The zero-order chi connectivity index (χ0) is 20.1. The number of benzene rings is 2. The maximum absolute atomic E-state index is 12.5. The highest BCUT2D eigenvalue weighted by atomic mass is 32.1. The third kappa shape index (κ3) is 4.89. The summed E-state index contributed by atoms with van der Waals surface area (Å²) < 4.78 is 0. The predicted molar refractivity (Wildman–Crippen MR) is 116 cm³/mol. The van der Waals surface area contributed by atoms with Crippen molar-refractivity contribution in [3.05, 3.63) is 76.5 Å². The summed E-state index contributed by atoms with van der Waals surface area (Å²) in [6.45, 7) is 0. The third-order valence-corrected chi connectivity index (χ3v) is 5.37. The van der Waals surface area contributed by atoms with Crippen LogP contribution in [0.25, 0.3) is 11.0 Å². The SMILES string of the molecule is O=C(CCCc1cccs1)Nc1cccc(C(=O)Nc2nc3ccccc3[nH]2)c1. The average molecular weight is 404 g/mol. The summed E-state index contributed by atoms with van der Waals surface area (Å²) in [4.78, 5) is 33.4. The summed E-state index contributed by atoms with van der Waals surface area (Å²) in [6.07, 6.45) is 2.12. The van der Waals surface area contributed by atoms with E-state index in [0.717, 1.165) is 23.9 Å². The monoisotopic (exact) mass is 404 g/mol. The lowest BCUT2D eigenvalue weighted by molar-refractivity contribution is -0.116. The molecule has 0 fully saturated rings. The molecule has 6 nitrogen and oxygen atoms in total. The molecule has 29 heavy (non-hydrogen) atoms. The van der Waals surface area contributed by atoms with Crippen LogP contribution in [0.4, 0.5) is 11.6 Å². The van der Waals surface area contributed by atoms with E-state index in [1.165, 1.54) is 4.88 Å². The van der Waals surface area contributed by atoms with E-state index in [-0.39, 0.29) is 11.8 Å². The van der Waals surface area contributed by atoms with E-state index in [0.29, 0.717) is 23.6 Å². The molecule has 146 valence electrons. The second-order valence-corrected chi connectivity index (χ2v) is 7.65. The van der Waals surface area contributed by atoms with Gasteiger partial charge < -0.3 is 10.3 Å². The highest BCUT2D eigenvalue weighted by molar-refractivity contribution is 7.09. The molecular weight excluding hydrogens is 384 g/mol. The largest absolute Gasteiger partial charge is 0.326 e. The minimum atomic E-state index is -0.294. The summed E-state index contributed by atoms with van der Waals surface area (Å²) in [5, 5.41) is 7.66. The minimum absolute atomic E-state index is 0.0589. The smallest absolute Gasteiger partial charge is 0.258 e. The first-order chi connectivity index (χ1) is 14.2. The van der Waals surface area contributed by atoms with E-state index in [9.17, 15) is 9.59 Å². The molecule has 2 aromatic heterocycles. The molecule has 4 rings (SSSR count). The Kier molecular flexibility index (Phi) is 5.67. The number of nitrogens with zero attached hydrogens (tertiary/aromatic N) is 1. The number of carbonyl (C=O) groups excluding carboxylic acids is 2. The quantitative estimate of drug-likeness (QED) is 0.412. The molecule has 0 spiro atoms. The van der Waals surface area contributed by atoms with Crippen LogP contribution in [0.1, 0.15) is 28.1 Å². The number of H-pyrrole nitrogens is 1. The average Bonchev–Trinajstić information content (AvgIpc) is 3.37. The Morgan fingerprint density at radius 2 is 1.90 bits per heavy atom. The van der Waals surface area contributed by atoms with Gasteiger partial charge in [0.2, 0.25) is 11.9 Å². The highest BCUT2D eigenvalue weighted by Gasteiger charge is 2.11. The highest BCUT2D eigenvalue weighted by Crippen LogP contribution is 2.17. The van der Waals surface area contributed by atoms with Gasteiger partial charge in [-0.3, -0.25) is 14.9 Å². The van der Waals surface area contributed by atoms with Crippen LogP contribution < -0.4 is 10.6 Å². The number of para-hydroxylation sites is 2. The molecule has 2 amide bonds. The van der Waals surface area contributed by atoms with Crippen molar-refractivity contribution in [3.63, 3.8) is 0 Å². The van der Waals surface area contributed by atoms with Crippen molar-refractivity contribution in [2.24, 2.45) is 0 Å². The van der Waals surface area contributed by atoms with Crippen molar-refractivity contribution in [2.45, 2.75) is 19.3 Å². The van der Waals surface area contributed by atoms with Crippen LogP contribution in [-0.2, 0) is 11.2 Å². The first kappa shape index (κ1) is 18.9. The number of nitrogens with one attached hydrogen (secondary N) is 3. The Balaban J connectivity index is 1.34. The van der Waals surface area contributed by atoms with Crippen molar-refractivity contribution in [1.82, 2.24) is 9.97 Å². The fourth-order valence-electron chi connectivity index (χ4n) is 3.03. The molecule has 0 aliphatic heterocycles. The number of aromatic amines is 1. The van der Waals surface area contributed by atoms with Gasteiger partial charge in [0.25, 0.3) is 5.91 Å². The number of thiophene rings is 1. The maximum atomic E-state index is 12.5. The van der Waals surface area contributed by atoms with Gasteiger partial charge in [-0.15, -0.1) is 11.3 Å². The lowest BCUT2D eigenvalue weighted by Gasteiger charge is -2.07. The van der Waals surface area contributed by atoms with Crippen LogP contribution in [0.5, 0.6) is 0 Å². The topological polar surface area (TPSA) is 86.9 Å². The molecule has 2 heterocycles. The van der Waals surface area contributed by atoms with Gasteiger partial charge in [0.05, 0.1) is 11.0 Å². The van der Waals surface area contributed by atoms with E-state index in [2.05, 4.69) is 26.7 Å². The van der Waals surface area contributed by atoms with Crippen LogP contribution in [-0.4, -0.2) is 21.8 Å². The van der Waals surface area contributed by atoms with Crippen molar-refractivity contribution >= 4 is 45.8 Å². The Bertz CT molecular complexity index is 1100. The molecule has 0 radical (unpaired) electrons. The van der Waals surface area contributed by atoms with Crippen LogP contribution in [0.3, 0.4) is 0 Å². The van der Waals surface area contributed by atoms with E-state index < -0.39 is 0 Å². The molecule has 0 atom stereocenters. The summed E-state index contributed by atoms with van der Waals surface area (Å²) in [6, 6.07) is 18.5. The van der Waals surface area contributed by atoms with Crippen LogP contribution in [0.2, 0.25) is 0 Å². The fraction of sp³-hybridized carbons (Fsp3) is 0.136. The number of aromatic nitrogens is 2. The Hall–Kier alpha value is -3.45. The molecule has 0 aliphatic rings. The summed E-state index contributed by atoms with van der Waals surface area (Å²) >= 11 is 1.70. The molecule has 0 aliphatic carbocycles. The Labute approximate surface area is 172 Å². The van der Waals surface area contributed by atoms with Gasteiger partial charge in [-0.1, -0.05) is 24.3 Å². The molecule has 0 bridgehead atoms. The Morgan fingerprint density at radius 3 is 2.72 bits per heavy atom. The number of hydrogen-bond donors (Lipinski definition) is 3. The van der Waals surface area contributed by atoms with Gasteiger partial charge in [-0.25, -0.2) is 4.98 Å². The van der Waals surface area contributed by atoms with Crippen molar-refractivity contribution in [3.8, 4) is 0 Å². The summed E-state index contributed by atoms with van der Waals surface area (Å²) in [7, 11) is 0. The third-order valence-electron chi connectivity index (χ3n) is 4.44. The lowest BCUT2D eigenvalue weighted by Crippen LogP contribution is -2.15. The van der Waals surface area contributed by atoms with Crippen molar-refractivity contribution < 1.29 is 9.59 Å². The molecular formula is C22H20N4O2S. The molecule has 4 aromatic rings. The Morgan fingerprint density at radius 1 is 1.00 bits per heavy atom. The van der Waals surface area contributed by atoms with Crippen LogP contribution in [0, 0.1) is 0 Å². The zero-order valence-corrected chi connectivity index (χ0v) is 16.5. The maximum Gasteiger partial charge on any atom is 0.258 e. The standard InChI is InChI=1S/C22H20N4O2S/c27-20(12-4-8-17-9-5-13-29-17)23-16-7-3-6-15(14-16)21(28)26-22-24-18-10-1-2-11-19(18)25-22/h1-3,5-7,9-11,13-14H,4,8,12H2,(H,23,27)(H2,24,25,26,28).